The number of halogens is 3. The van der Waals surface area contributed by atoms with Gasteiger partial charge in [0.1, 0.15) is 0 Å². The van der Waals surface area contributed by atoms with Crippen LogP contribution in [0.4, 0.5) is 13.2 Å². The summed E-state index contributed by atoms with van der Waals surface area (Å²) in [7, 11) is 0. The first-order valence-electron chi connectivity index (χ1n) is 6.33. The normalized spacial score (nSPS) is 22.4. The van der Waals surface area contributed by atoms with Crippen LogP contribution in [0.1, 0.15) is 39.5 Å². The first-order valence-corrected chi connectivity index (χ1v) is 6.33. The van der Waals surface area contributed by atoms with Crippen LogP contribution >= 0.6 is 0 Å². The van der Waals surface area contributed by atoms with E-state index in [9.17, 15) is 13.2 Å². The van der Waals surface area contributed by atoms with Crippen molar-refractivity contribution in [2.45, 2.75) is 51.2 Å². The molecule has 1 aliphatic heterocycles. The summed E-state index contributed by atoms with van der Waals surface area (Å²) in [4.78, 5) is 2.27. The first-order chi connectivity index (χ1) is 7.79. The molecule has 5 heteroatoms. The number of nitrogens with zero attached hydrogens (tertiary/aromatic N) is 1. The SMILES string of the molecule is CC1(C)CN(CCCCC(F)(F)F)CCCN1. The molecule has 1 aliphatic rings. The van der Waals surface area contributed by atoms with E-state index in [2.05, 4.69) is 24.1 Å². The Morgan fingerprint density at radius 1 is 1.24 bits per heavy atom. The van der Waals surface area contributed by atoms with Gasteiger partial charge in [-0.2, -0.15) is 13.2 Å². The molecule has 1 rings (SSSR count). The fourth-order valence-electron chi connectivity index (χ4n) is 2.28. The highest BCUT2D eigenvalue weighted by atomic mass is 19.4. The predicted molar refractivity (Wildman–Crippen MR) is 63.0 cm³/mol. The Kier molecular flexibility index (Phi) is 5.25. The molecule has 0 radical (unpaired) electrons. The molecule has 0 aromatic carbocycles. The predicted octanol–water partition coefficient (Wildman–Crippen LogP) is 2.79. The molecule has 102 valence electrons. The summed E-state index contributed by atoms with van der Waals surface area (Å²) in [5.41, 5.74) is 0.0700. The van der Waals surface area contributed by atoms with E-state index in [4.69, 9.17) is 0 Å². The molecule has 0 aliphatic carbocycles. The molecule has 0 unspecified atom stereocenters. The zero-order valence-electron chi connectivity index (χ0n) is 10.7. The van der Waals surface area contributed by atoms with Gasteiger partial charge in [-0.25, -0.2) is 0 Å². The minimum absolute atomic E-state index is 0.0700. The van der Waals surface area contributed by atoms with E-state index in [0.29, 0.717) is 6.42 Å². The van der Waals surface area contributed by atoms with Gasteiger partial charge < -0.3 is 10.2 Å². The average molecular weight is 252 g/mol. The molecule has 0 aromatic heterocycles. The van der Waals surface area contributed by atoms with E-state index >= 15 is 0 Å². The van der Waals surface area contributed by atoms with Gasteiger partial charge in [0, 0.05) is 18.5 Å². The van der Waals surface area contributed by atoms with E-state index in [0.717, 1.165) is 32.6 Å². The van der Waals surface area contributed by atoms with Crippen molar-refractivity contribution in [3.05, 3.63) is 0 Å². The number of hydrogen-bond acceptors (Lipinski definition) is 2. The molecule has 0 saturated carbocycles. The summed E-state index contributed by atoms with van der Waals surface area (Å²) in [6.45, 7) is 7.96. The summed E-state index contributed by atoms with van der Waals surface area (Å²) in [5.74, 6) is 0. The van der Waals surface area contributed by atoms with E-state index in [-0.39, 0.29) is 12.0 Å². The van der Waals surface area contributed by atoms with Crippen LogP contribution in [0.2, 0.25) is 0 Å². The summed E-state index contributed by atoms with van der Waals surface area (Å²) in [5, 5.41) is 3.44. The van der Waals surface area contributed by atoms with Gasteiger partial charge in [-0.1, -0.05) is 0 Å². The Balaban J connectivity index is 2.22. The lowest BCUT2D eigenvalue weighted by molar-refractivity contribution is -0.135. The molecule has 1 heterocycles. The van der Waals surface area contributed by atoms with E-state index in [1.807, 2.05) is 0 Å². The molecule has 1 saturated heterocycles. The van der Waals surface area contributed by atoms with Crippen molar-refractivity contribution in [3.8, 4) is 0 Å². The van der Waals surface area contributed by atoms with Crippen molar-refractivity contribution >= 4 is 0 Å². The van der Waals surface area contributed by atoms with Gasteiger partial charge in [-0.05, 0) is 52.7 Å². The van der Waals surface area contributed by atoms with Crippen LogP contribution in [0.5, 0.6) is 0 Å². The average Bonchev–Trinajstić information content (AvgIpc) is 2.32. The molecule has 17 heavy (non-hydrogen) atoms. The van der Waals surface area contributed by atoms with Crippen LogP contribution in [0.25, 0.3) is 0 Å². The highest BCUT2D eigenvalue weighted by molar-refractivity contribution is 4.84. The zero-order chi connectivity index (χ0) is 12.9. The van der Waals surface area contributed by atoms with Crippen molar-refractivity contribution in [2.75, 3.05) is 26.2 Å². The molecule has 0 aromatic rings. The van der Waals surface area contributed by atoms with Crippen molar-refractivity contribution in [3.63, 3.8) is 0 Å². The first kappa shape index (κ1) is 14.8. The third-order valence-corrected chi connectivity index (χ3v) is 3.06. The quantitative estimate of drug-likeness (QED) is 0.774. The number of hydrogen-bond donors (Lipinski definition) is 1. The number of nitrogens with one attached hydrogen (secondary N) is 1. The standard InChI is InChI=1S/C12H23F3N2/c1-11(2)10-17(9-5-7-16-11)8-4-3-6-12(13,14)15/h16H,3-10H2,1-2H3. The number of alkyl halides is 3. The molecular weight excluding hydrogens is 229 g/mol. The van der Waals surface area contributed by atoms with Crippen molar-refractivity contribution < 1.29 is 13.2 Å². The van der Waals surface area contributed by atoms with Gasteiger partial charge in [0.25, 0.3) is 0 Å². The second kappa shape index (κ2) is 6.05. The van der Waals surface area contributed by atoms with Crippen LogP contribution in [-0.2, 0) is 0 Å². The Hall–Kier alpha value is -0.290. The van der Waals surface area contributed by atoms with Gasteiger partial charge >= 0.3 is 6.18 Å². The van der Waals surface area contributed by atoms with Crippen LogP contribution in [0, 0.1) is 0 Å². The third kappa shape index (κ3) is 6.88. The Labute approximate surface area is 102 Å². The Morgan fingerprint density at radius 3 is 2.59 bits per heavy atom. The molecular formula is C12H23F3N2. The maximum absolute atomic E-state index is 12.0. The van der Waals surface area contributed by atoms with Gasteiger partial charge in [-0.15, -0.1) is 0 Å². The maximum Gasteiger partial charge on any atom is 0.389 e. The largest absolute Gasteiger partial charge is 0.389 e. The fourth-order valence-corrected chi connectivity index (χ4v) is 2.28. The van der Waals surface area contributed by atoms with Gasteiger partial charge in [0.05, 0.1) is 0 Å². The second-order valence-corrected chi connectivity index (χ2v) is 5.51. The number of unbranched alkanes of at least 4 members (excludes halogenated alkanes) is 1. The van der Waals surface area contributed by atoms with Crippen molar-refractivity contribution in [1.82, 2.24) is 10.2 Å². The summed E-state index contributed by atoms with van der Waals surface area (Å²) >= 11 is 0. The lowest BCUT2D eigenvalue weighted by Gasteiger charge is -2.30. The van der Waals surface area contributed by atoms with Gasteiger partial charge in [0.15, 0.2) is 0 Å². The summed E-state index contributed by atoms with van der Waals surface area (Å²) in [6.07, 6.45) is -2.70. The molecule has 0 atom stereocenters. The highest BCUT2D eigenvalue weighted by Crippen LogP contribution is 2.22. The summed E-state index contributed by atoms with van der Waals surface area (Å²) < 4.78 is 36.0. The molecule has 2 nitrogen and oxygen atoms in total. The van der Waals surface area contributed by atoms with Crippen LogP contribution in [0.3, 0.4) is 0 Å². The fraction of sp³-hybridized carbons (Fsp3) is 1.00. The van der Waals surface area contributed by atoms with Crippen molar-refractivity contribution in [1.29, 1.82) is 0 Å². The molecule has 0 spiro atoms. The lowest BCUT2D eigenvalue weighted by atomic mass is 10.1. The minimum Gasteiger partial charge on any atom is -0.310 e. The minimum atomic E-state index is -4.00. The lowest BCUT2D eigenvalue weighted by Crippen LogP contribution is -2.46. The molecule has 1 N–H and O–H groups in total. The van der Waals surface area contributed by atoms with Gasteiger partial charge in [-0.3, -0.25) is 0 Å². The Bertz CT molecular complexity index is 226. The Morgan fingerprint density at radius 2 is 1.94 bits per heavy atom. The van der Waals surface area contributed by atoms with E-state index < -0.39 is 12.6 Å². The smallest absolute Gasteiger partial charge is 0.310 e. The number of rotatable bonds is 4. The molecule has 1 fully saturated rings. The van der Waals surface area contributed by atoms with Crippen LogP contribution in [-0.4, -0.2) is 42.8 Å². The maximum atomic E-state index is 12.0. The molecule has 0 bridgehead atoms. The zero-order valence-corrected chi connectivity index (χ0v) is 10.7. The van der Waals surface area contributed by atoms with Crippen LogP contribution < -0.4 is 5.32 Å². The van der Waals surface area contributed by atoms with Crippen LogP contribution in [0.15, 0.2) is 0 Å². The highest BCUT2D eigenvalue weighted by Gasteiger charge is 2.27. The van der Waals surface area contributed by atoms with E-state index in [1.54, 1.807) is 0 Å². The monoisotopic (exact) mass is 252 g/mol. The van der Waals surface area contributed by atoms with E-state index in [1.165, 1.54) is 0 Å². The molecule has 0 amide bonds. The van der Waals surface area contributed by atoms with Gasteiger partial charge in [0.2, 0.25) is 0 Å². The van der Waals surface area contributed by atoms with Crippen molar-refractivity contribution in [2.24, 2.45) is 0 Å². The topological polar surface area (TPSA) is 15.3 Å². The second-order valence-electron chi connectivity index (χ2n) is 5.51. The third-order valence-electron chi connectivity index (χ3n) is 3.06. The summed E-state index contributed by atoms with van der Waals surface area (Å²) in [6, 6.07) is 0.